The van der Waals surface area contributed by atoms with Gasteiger partial charge in [-0.05, 0) is 12.8 Å². The highest BCUT2D eigenvalue weighted by Gasteiger charge is 2.36. The number of alkyl halides is 3. The first-order valence-corrected chi connectivity index (χ1v) is 5.82. The molecule has 0 aromatic carbocycles. The van der Waals surface area contributed by atoms with E-state index in [1.807, 2.05) is 0 Å². The minimum Gasteiger partial charge on any atom is -0.351 e. The van der Waals surface area contributed by atoms with Gasteiger partial charge in [-0.2, -0.15) is 13.2 Å². The Balaban J connectivity index is 1.84. The smallest absolute Gasteiger partial charge is 0.351 e. The van der Waals surface area contributed by atoms with Crippen LogP contribution in [0.5, 0.6) is 0 Å². The number of aromatic nitrogens is 1. The first kappa shape index (κ1) is 12.4. The average molecular weight is 248 g/mol. The number of hydrogen-bond donors (Lipinski definition) is 1. The van der Waals surface area contributed by atoms with Gasteiger partial charge in [-0.3, -0.25) is 0 Å². The van der Waals surface area contributed by atoms with Crippen LogP contribution in [0.3, 0.4) is 0 Å². The molecule has 1 aliphatic rings. The van der Waals surface area contributed by atoms with E-state index in [2.05, 4.69) is 15.0 Å². The third-order valence-corrected chi connectivity index (χ3v) is 3.02. The van der Waals surface area contributed by atoms with E-state index in [1.165, 1.54) is 19.3 Å². The molecule has 1 aromatic heterocycles. The lowest BCUT2D eigenvalue weighted by Crippen LogP contribution is -2.30. The molecular formula is C11H15F3N2O. The standard InChI is InChI=1S/C11H15F3N2O/c12-11(13,14)10-6-9(16-17-10)7-15-8-4-2-1-3-5-8/h6,8,15H,1-5,7H2. The maximum atomic E-state index is 12.2. The number of nitrogens with zero attached hydrogens (tertiary/aromatic N) is 1. The summed E-state index contributed by atoms with van der Waals surface area (Å²) in [6.07, 6.45) is 1.35. The van der Waals surface area contributed by atoms with Crippen LogP contribution in [0, 0.1) is 0 Å². The first-order chi connectivity index (χ1) is 8.05. The van der Waals surface area contributed by atoms with Gasteiger partial charge in [0, 0.05) is 18.7 Å². The molecule has 1 saturated carbocycles. The third kappa shape index (κ3) is 3.46. The fourth-order valence-corrected chi connectivity index (χ4v) is 2.08. The molecule has 0 amide bonds. The number of nitrogens with one attached hydrogen (secondary N) is 1. The van der Waals surface area contributed by atoms with Crippen molar-refractivity contribution in [1.82, 2.24) is 10.5 Å². The van der Waals surface area contributed by atoms with Crippen molar-refractivity contribution in [3.8, 4) is 0 Å². The second-order valence-corrected chi connectivity index (χ2v) is 4.40. The summed E-state index contributed by atoms with van der Waals surface area (Å²) in [7, 11) is 0. The van der Waals surface area contributed by atoms with Crippen LogP contribution in [0.15, 0.2) is 10.6 Å². The van der Waals surface area contributed by atoms with Crippen molar-refractivity contribution in [2.45, 2.75) is 50.9 Å². The normalized spacial score (nSPS) is 18.5. The highest BCUT2D eigenvalue weighted by Crippen LogP contribution is 2.29. The van der Waals surface area contributed by atoms with Crippen molar-refractivity contribution in [3.05, 3.63) is 17.5 Å². The second-order valence-electron chi connectivity index (χ2n) is 4.40. The van der Waals surface area contributed by atoms with Crippen LogP contribution in [0.1, 0.15) is 43.6 Å². The van der Waals surface area contributed by atoms with Gasteiger partial charge >= 0.3 is 6.18 Å². The highest BCUT2D eigenvalue weighted by molar-refractivity contribution is 5.08. The lowest BCUT2D eigenvalue weighted by molar-refractivity contribution is -0.155. The third-order valence-electron chi connectivity index (χ3n) is 3.02. The summed E-state index contributed by atoms with van der Waals surface area (Å²) in [5, 5.41) is 6.62. The van der Waals surface area contributed by atoms with Gasteiger partial charge in [0.2, 0.25) is 5.76 Å². The molecule has 0 bridgehead atoms. The van der Waals surface area contributed by atoms with Crippen molar-refractivity contribution in [1.29, 1.82) is 0 Å². The Morgan fingerprint density at radius 1 is 1.29 bits per heavy atom. The molecule has 0 radical (unpaired) electrons. The molecule has 1 aliphatic carbocycles. The second kappa shape index (κ2) is 5.08. The zero-order valence-electron chi connectivity index (χ0n) is 9.39. The van der Waals surface area contributed by atoms with Crippen LogP contribution in [-0.4, -0.2) is 11.2 Å². The fourth-order valence-electron chi connectivity index (χ4n) is 2.08. The summed E-state index contributed by atoms with van der Waals surface area (Å²) in [6, 6.07) is 1.35. The van der Waals surface area contributed by atoms with Gasteiger partial charge in [0.1, 0.15) is 0 Å². The lowest BCUT2D eigenvalue weighted by Gasteiger charge is -2.22. The molecule has 3 nitrogen and oxygen atoms in total. The number of halogens is 3. The number of rotatable bonds is 3. The van der Waals surface area contributed by atoms with Crippen molar-refractivity contribution >= 4 is 0 Å². The first-order valence-electron chi connectivity index (χ1n) is 5.82. The van der Waals surface area contributed by atoms with E-state index in [-0.39, 0.29) is 0 Å². The van der Waals surface area contributed by atoms with E-state index in [0.717, 1.165) is 18.9 Å². The highest BCUT2D eigenvalue weighted by atomic mass is 19.4. The van der Waals surface area contributed by atoms with Gasteiger partial charge in [-0.15, -0.1) is 0 Å². The van der Waals surface area contributed by atoms with Crippen LogP contribution in [-0.2, 0) is 12.7 Å². The fraction of sp³-hybridized carbons (Fsp3) is 0.727. The van der Waals surface area contributed by atoms with Gasteiger partial charge in [-0.25, -0.2) is 0 Å². The maximum absolute atomic E-state index is 12.2. The van der Waals surface area contributed by atoms with Crippen LogP contribution in [0.4, 0.5) is 13.2 Å². The Hall–Kier alpha value is -1.04. The largest absolute Gasteiger partial charge is 0.452 e. The maximum Gasteiger partial charge on any atom is 0.452 e. The Morgan fingerprint density at radius 3 is 2.59 bits per heavy atom. The van der Waals surface area contributed by atoms with Crippen LogP contribution in [0.25, 0.3) is 0 Å². The van der Waals surface area contributed by atoms with Gasteiger partial charge in [0.25, 0.3) is 0 Å². The molecule has 6 heteroatoms. The molecular weight excluding hydrogens is 233 g/mol. The van der Waals surface area contributed by atoms with E-state index in [4.69, 9.17) is 0 Å². The van der Waals surface area contributed by atoms with Crippen LogP contribution < -0.4 is 5.32 Å². The molecule has 17 heavy (non-hydrogen) atoms. The molecule has 2 rings (SSSR count). The predicted octanol–water partition coefficient (Wildman–Crippen LogP) is 3.12. The summed E-state index contributed by atoms with van der Waals surface area (Å²) in [6.45, 7) is 0.338. The van der Waals surface area contributed by atoms with E-state index in [9.17, 15) is 13.2 Å². The summed E-state index contributed by atoms with van der Waals surface area (Å²) in [4.78, 5) is 0. The zero-order valence-corrected chi connectivity index (χ0v) is 9.39. The monoisotopic (exact) mass is 248 g/mol. The Morgan fingerprint density at radius 2 is 2.00 bits per heavy atom. The average Bonchev–Trinajstić information content (AvgIpc) is 2.76. The van der Waals surface area contributed by atoms with Crippen molar-refractivity contribution in [3.63, 3.8) is 0 Å². The molecule has 1 N–H and O–H groups in total. The zero-order chi connectivity index (χ0) is 12.3. The molecule has 0 saturated heterocycles. The minimum atomic E-state index is -4.45. The van der Waals surface area contributed by atoms with Crippen LogP contribution in [0.2, 0.25) is 0 Å². The molecule has 0 aliphatic heterocycles. The van der Waals surface area contributed by atoms with Gasteiger partial charge in [0.15, 0.2) is 0 Å². The predicted molar refractivity (Wildman–Crippen MR) is 55.2 cm³/mol. The molecule has 1 aromatic rings. The quantitative estimate of drug-likeness (QED) is 0.893. The van der Waals surface area contributed by atoms with Crippen LogP contribution >= 0.6 is 0 Å². The summed E-state index contributed by atoms with van der Waals surface area (Å²) in [5.41, 5.74) is 0.308. The molecule has 0 atom stereocenters. The van der Waals surface area contributed by atoms with E-state index >= 15 is 0 Å². The molecule has 96 valence electrons. The summed E-state index contributed by atoms with van der Waals surface area (Å²) >= 11 is 0. The molecule has 1 fully saturated rings. The summed E-state index contributed by atoms with van der Waals surface area (Å²) < 4.78 is 41.0. The molecule has 1 heterocycles. The molecule has 0 spiro atoms. The van der Waals surface area contributed by atoms with E-state index < -0.39 is 11.9 Å². The van der Waals surface area contributed by atoms with Gasteiger partial charge in [-0.1, -0.05) is 24.4 Å². The number of hydrogen-bond acceptors (Lipinski definition) is 3. The summed E-state index contributed by atoms with van der Waals surface area (Å²) in [5.74, 6) is -1.03. The van der Waals surface area contributed by atoms with Gasteiger partial charge in [0.05, 0.1) is 5.69 Å². The minimum absolute atomic E-state index is 0.308. The van der Waals surface area contributed by atoms with Crippen molar-refractivity contribution in [2.75, 3.05) is 0 Å². The molecule has 0 unspecified atom stereocenters. The van der Waals surface area contributed by atoms with E-state index in [0.29, 0.717) is 18.3 Å². The SMILES string of the molecule is FC(F)(F)c1cc(CNC2CCCCC2)no1. The Labute approximate surface area is 97.4 Å². The lowest BCUT2D eigenvalue weighted by atomic mass is 9.95. The Bertz CT molecular complexity index is 356. The Kier molecular flexibility index (Phi) is 3.71. The van der Waals surface area contributed by atoms with E-state index in [1.54, 1.807) is 0 Å². The van der Waals surface area contributed by atoms with Crippen molar-refractivity contribution in [2.24, 2.45) is 0 Å². The van der Waals surface area contributed by atoms with Crippen molar-refractivity contribution < 1.29 is 17.7 Å². The van der Waals surface area contributed by atoms with Gasteiger partial charge < -0.3 is 9.84 Å². The topological polar surface area (TPSA) is 38.1 Å².